The molecule has 140 valence electrons. The predicted octanol–water partition coefficient (Wildman–Crippen LogP) is 0.289. The van der Waals surface area contributed by atoms with Crippen LogP contribution in [0.15, 0.2) is 23.1 Å². The van der Waals surface area contributed by atoms with E-state index in [0.29, 0.717) is 0 Å². The minimum atomic E-state index is -3.76. The summed E-state index contributed by atoms with van der Waals surface area (Å²) in [4.78, 5) is 24.3. The Labute approximate surface area is 147 Å². The molecule has 0 bridgehead atoms. The van der Waals surface area contributed by atoms with Crippen molar-refractivity contribution in [2.75, 3.05) is 40.1 Å². The van der Waals surface area contributed by atoms with Gasteiger partial charge in [-0.1, -0.05) is 0 Å². The van der Waals surface area contributed by atoms with Crippen molar-refractivity contribution in [3.63, 3.8) is 0 Å². The molecule has 0 aliphatic rings. The second kappa shape index (κ2) is 8.28. The van der Waals surface area contributed by atoms with Gasteiger partial charge in [0.1, 0.15) is 16.7 Å². The number of benzene rings is 1. The molecule has 10 heteroatoms. The standard InChI is InChI=1S/C15H23N3O6S/c1-10(15(20)21)18(4)9-14(19)16-11-6-7-12(24-5)13(8-11)25(22,23)17(2)3/h6-8,10H,9H2,1-5H3,(H,16,19)(H,20,21). The van der Waals surface area contributed by atoms with Gasteiger partial charge in [0.05, 0.1) is 13.7 Å². The molecule has 1 amide bonds. The van der Waals surface area contributed by atoms with Crippen LogP contribution in [0.4, 0.5) is 5.69 Å². The lowest BCUT2D eigenvalue weighted by Gasteiger charge is -2.20. The van der Waals surface area contributed by atoms with Gasteiger partial charge in [-0.3, -0.25) is 14.5 Å². The van der Waals surface area contributed by atoms with E-state index >= 15 is 0 Å². The first-order valence-electron chi connectivity index (χ1n) is 7.34. The molecule has 2 N–H and O–H groups in total. The maximum Gasteiger partial charge on any atom is 0.320 e. The number of rotatable bonds is 8. The number of methoxy groups -OCH3 is 1. The average molecular weight is 373 g/mol. The fraction of sp³-hybridized carbons (Fsp3) is 0.467. The molecule has 0 radical (unpaired) electrons. The first kappa shape index (κ1) is 20.9. The van der Waals surface area contributed by atoms with E-state index in [-0.39, 0.29) is 22.9 Å². The highest BCUT2D eigenvalue weighted by Gasteiger charge is 2.23. The number of nitrogens with one attached hydrogen (secondary N) is 1. The number of hydrogen-bond donors (Lipinski definition) is 2. The normalized spacial score (nSPS) is 12.9. The molecule has 0 aliphatic carbocycles. The van der Waals surface area contributed by atoms with Gasteiger partial charge >= 0.3 is 5.97 Å². The minimum absolute atomic E-state index is 0.0786. The number of carboxylic acid groups (broad SMARTS) is 1. The van der Waals surface area contributed by atoms with Crippen LogP contribution >= 0.6 is 0 Å². The van der Waals surface area contributed by atoms with Crippen LogP contribution in [0.5, 0.6) is 5.75 Å². The van der Waals surface area contributed by atoms with E-state index in [0.717, 1.165) is 4.31 Å². The summed E-state index contributed by atoms with van der Waals surface area (Å²) in [7, 11) is 1.89. The van der Waals surface area contributed by atoms with E-state index in [2.05, 4.69) is 5.32 Å². The molecule has 1 unspecified atom stereocenters. The summed E-state index contributed by atoms with van der Waals surface area (Å²) in [6.45, 7) is 1.31. The predicted molar refractivity (Wildman–Crippen MR) is 92.2 cm³/mol. The van der Waals surface area contributed by atoms with E-state index in [1.165, 1.54) is 58.3 Å². The van der Waals surface area contributed by atoms with Crippen LogP contribution in [0.25, 0.3) is 0 Å². The van der Waals surface area contributed by atoms with Crippen LogP contribution in [-0.2, 0) is 19.6 Å². The summed E-state index contributed by atoms with van der Waals surface area (Å²) in [5.74, 6) is -1.35. The molecule has 1 atom stereocenters. The van der Waals surface area contributed by atoms with Crippen LogP contribution in [-0.4, -0.2) is 75.4 Å². The number of hydrogen-bond acceptors (Lipinski definition) is 6. The van der Waals surface area contributed by atoms with Gasteiger partial charge in [-0.25, -0.2) is 12.7 Å². The van der Waals surface area contributed by atoms with Crippen molar-refractivity contribution in [1.82, 2.24) is 9.21 Å². The van der Waals surface area contributed by atoms with Gasteiger partial charge in [-0.2, -0.15) is 0 Å². The van der Waals surface area contributed by atoms with Crippen LogP contribution < -0.4 is 10.1 Å². The summed E-state index contributed by atoms with van der Waals surface area (Å²) < 4.78 is 30.8. The fourth-order valence-corrected chi connectivity index (χ4v) is 2.98. The molecule has 0 aromatic heterocycles. The van der Waals surface area contributed by atoms with Crippen molar-refractivity contribution in [3.05, 3.63) is 18.2 Å². The molecule has 1 aromatic carbocycles. The third-order valence-corrected chi connectivity index (χ3v) is 5.45. The zero-order chi connectivity index (χ0) is 19.4. The molecule has 0 aliphatic heterocycles. The quantitative estimate of drug-likeness (QED) is 0.673. The highest BCUT2D eigenvalue weighted by atomic mass is 32.2. The van der Waals surface area contributed by atoms with Crippen molar-refractivity contribution >= 4 is 27.6 Å². The number of amides is 1. The highest BCUT2D eigenvalue weighted by molar-refractivity contribution is 7.89. The monoisotopic (exact) mass is 373 g/mol. The highest BCUT2D eigenvalue weighted by Crippen LogP contribution is 2.28. The Bertz CT molecular complexity index is 748. The molecule has 25 heavy (non-hydrogen) atoms. The first-order chi connectivity index (χ1) is 11.5. The summed E-state index contributed by atoms with van der Waals surface area (Å²) in [5, 5.41) is 11.5. The Morgan fingerprint density at radius 2 is 1.88 bits per heavy atom. The van der Waals surface area contributed by atoms with Crippen molar-refractivity contribution in [3.8, 4) is 5.75 Å². The average Bonchev–Trinajstić information content (AvgIpc) is 2.53. The number of anilines is 1. The first-order valence-corrected chi connectivity index (χ1v) is 8.78. The van der Waals surface area contributed by atoms with Gasteiger partial charge in [-0.15, -0.1) is 0 Å². The van der Waals surface area contributed by atoms with E-state index in [9.17, 15) is 18.0 Å². The number of aliphatic carboxylic acids is 1. The maximum atomic E-state index is 12.4. The van der Waals surface area contributed by atoms with Crippen LogP contribution in [0.1, 0.15) is 6.92 Å². The lowest BCUT2D eigenvalue weighted by Crippen LogP contribution is -2.40. The number of sulfonamides is 1. The number of likely N-dealkylation sites (N-methyl/N-ethyl adjacent to an activating group) is 1. The number of ether oxygens (including phenoxy) is 1. The minimum Gasteiger partial charge on any atom is -0.495 e. The SMILES string of the molecule is COc1ccc(NC(=O)CN(C)C(C)C(=O)O)cc1S(=O)(=O)N(C)C. The van der Waals surface area contributed by atoms with Gasteiger partial charge in [0, 0.05) is 19.8 Å². The Balaban J connectivity index is 3.01. The fourth-order valence-electron chi connectivity index (χ4n) is 1.91. The van der Waals surface area contributed by atoms with Crippen molar-refractivity contribution < 1.29 is 27.9 Å². The molecule has 0 saturated carbocycles. The molecule has 0 saturated heterocycles. The Kier molecular flexibility index (Phi) is 6.91. The van der Waals surface area contributed by atoms with Crippen LogP contribution in [0.3, 0.4) is 0 Å². The second-order valence-corrected chi connectivity index (χ2v) is 7.75. The van der Waals surface area contributed by atoms with E-state index in [4.69, 9.17) is 9.84 Å². The zero-order valence-electron chi connectivity index (χ0n) is 14.8. The van der Waals surface area contributed by atoms with Gasteiger partial charge in [0.25, 0.3) is 0 Å². The lowest BCUT2D eigenvalue weighted by molar-refractivity contribution is -0.142. The Morgan fingerprint density at radius 1 is 1.28 bits per heavy atom. The smallest absolute Gasteiger partial charge is 0.320 e. The Morgan fingerprint density at radius 3 is 2.36 bits per heavy atom. The van der Waals surface area contributed by atoms with Crippen molar-refractivity contribution in [2.24, 2.45) is 0 Å². The summed E-state index contributed by atoms with van der Waals surface area (Å²) in [6, 6.07) is 3.42. The third-order valence-electron chi connectivity index (χ3n) is 3.62. The molecule has 9 nitrogen and oxygen atoms in total. The van der Waals surface area contributed by atoms with Gasteiger partial charge in [-0.05, 0) is 32.2 Å². The molecule has 0 heterocycles. The Hall–Kier alpha value is -2.17. The second-order valence-electron chi connectivity index (χ2n) is 5.63. The molecular formula is C15H23N3O6S. The zero-order valence-corrected chi connectivity index (χ0v) is 15.6. The van der Waals surface area contributed by atoms with Crippen molar-refractivity contribution in [2.45, 2.75) is 17.9 Å². The van der Waals surface area contributed by atoms with Crippen LogP contribution in [0.2, 0.25) is 0 Å². The third kappa shape index (κ3) is 5.15. The number of carbonyl (C=O) groups excluding carboxylic acids is 1. The van der Waals surface area contributed by atoms with Crippen LogP contribution in [0, 0.1) is 0 Å². The van der Waals surface area contributed by atoms with E-state index < -0.39 is 27.9 Å². The van der Waals surface area contributed by atoms with Gasteiger partial charge in [0.2, 0.25) is 15.9 Å². The van der Waals surface area contributed by atoms with Gasteiger partial charge in [0.15, 0.2) is 0 Å². The number of carboxylic acids is 1. The van der Waals surface area contributed by atoms with Crippen molar-refractivity contribution in [1.29, 1.82) is 0 Å². The topological polar surface area (TPSA) is 116 Å². The summed E-state index contributed by atoms with van der Waals surface area (Å²) >= 11 is 0. The molecule has 0 fully saturated rings. The molecule has 0 spiro atoms. The number of carbonyl (C=O) groups is 2. The lowest BCUT2D eigenvalue weighted by atomic mass is 10.3. The van der Waals surface area contributed by atoms with E-state index in [1.807, 2.05) is 0 Å². The summed E-state index contributed by atoms with van der Waals surface area (Å²) in [6.07, 6.45) is 0. The molecule has 1 rings (SSSR count). The maximum absolute atomic E-state index is 12.4. The largest absolute Gasteiger partial charge is 0.495 e. The molecule has 1 aromatic rings. The van der Waals surface area contributed by atoms with Gasteiger partial charge < -0.3 is 15.2 Å². The summed E-state index contributed by atoms with van der Waals surface area (Å²) in [5.41, 5.74) is 0.266. The number of nitrogens with zero attached hydrogens (tertiary/aromatic N) is 2. The van der Waals surface area contributed by atoms with E-state index in [1.54, 1.807) is 0 Å². The molecular weight excluding hydrogens is 350 g/mol.